The number of anilines is 1. The lowest BCUT2D eigenvalue weighted by atomic mass is 9.93. The second-order valence-corrected chi connectivity index (χ2v) is 8.15. The lowest BCUT2D eigenvalue weighted by Gasteiger charge is -2.23. The maximum Gasteiger partial charge on any atom is 0.301 e. The van der Waals surface area contributed by atoms with Gasteiger partial charge in [-0.05, 0) is 30.9 Å². The summed E-state index contributed by atoms with van der Waals surface area (Å²) in [7, 11) is 0. The minimum absolute atomic E-state index is 0.0341. The third kappa shape index (κ3) is 3.65. The quantitative estimate of drug-likeness (QED) is 0.366. The molecule has 1 atom stereocenters. The number of amides is 1. The second-order valence-electron chi connectivity index (χ2n) is 8.15. The molecule has 31 heavy (non-hydrogen) atoms. The van der Waals surface area contributed by atoms with Crippen molar-refractivity contribution >= 4 is 23.3 Å². The van der Waals surface area contributed by atoms with Gasteiger partial charge in [0.2, 0.25) is 0 Å². The Bertz CT molecular complexity index is 1170. The zero-order valence-electron chi connectivity index (χ0n) is 17.9. The highest BCUT2D eigenvalue weighted by molar-refractivity contribution is 6.51. The van der Waals surface area contributed by atoms with E-state index in [1.165, 1.54) is 4.90 Å². The molecule has 1 N–H and O–H groups in total. The Labute approximate surface area is 180 Å². The van der Waals surface area contributed by atoms with E-state index in [1.54, 1.807) is 25.1 Å². The third-order valence-electron chi connectivity index (χ3n) is 5.55. The SMILES string of the molecule is Cc1ccc(C(O)=C2C(=O)C(=O)N(c3cc(C)on3)[C@H]2c2ccc(C(C)C)cc2)cc1. The molecule has 2 aromatic carbocycles. The molecule has 0 radical (unpaired) electrons. The molecule has 0 spiro atoms. The van der Waals surface area contributed by atoms with Crippen molar-refractivity contribution in [1.82, 2.24) is 5.16 Å². The van der Waals surface area contributed by atoms with E-state index in [-0.39, 0.29) is 17.2 Å². The van der Waals surface area contributed by atoms with Gasteiger partial charge in [-0.15, -0.1) is 0 Å². The predicted octanol–water partition coefficient (Wildman–Crippen LogP) is 5.04. The summed E-state index contributed by atoms with van der Waals surface area (Å²) in [5.41, 5.74) is 3.38. The standard InChI is InChI=1S/C25H24N2O4/c1-14(2)17-9-11-18(12-10-17)22-21(23(28)19-7-5-15(3)6-8-19)24(29)25(30)27(22)20-13-16(4)31-26-20/h5-14,22,28H,1-4H3/t22-/m0/s1. The van der Waals surface area contributed by atoms with Crippen LogP contribution in [0.2, 0.25) is 0 Å². The Hall–Kier alpha value is -3.67. The number of carbonyl (C=O) groups is 2. The highest BCUT2D eigenvalue weighted by Crippen LogP contribution is 2.42. The van der Waals surface area contributed by atoms with Crippen molar-refractivity contribution in [2.45, 2.75) is 39.7 Å². The number of Topliss-reactive ketones (excluding diaryl/α,β-unsaturated/α-hetero) is 1. The van der Waals surface area contributed by atoms with Crippen LogP contribution in [0, 0.1) is 13.8 Å². The maximum absolute atomic E-state index is 13.1. The zero-order chi connectivity index (χ0) is 22.3. The fourth-order valence-corrected chi connectivity index (χ4v) is 3.78. The molecule has 1 aromatic heterocycles. The molecule has 0 saturated carbocycles. The highest BCUT2D eigenvalue weighted by atomic mass is 16.5. The van der Waals surface area contributed by atoms with Crippen molar-refractivity contribution in [3.05, 3.63) is 88.2 Å². The number of benzene rings is 2. The second kappa shape index (κ2) is 7.87. The summed E-state index contributed by atoms with van der Waals surface area (Å²) in [4.78, 5) is 27.4. The average Bonchev–Trinajstić information content (AvgIpc) is 3.29. The first-order valence-electron chi connectivity index (χ1n) is 10.2. The molecule has 0 bridgehead atoms. The summed E-state index contributed by atoms with van der Waals surface area (Å²) in [6.07, 6.45) is 0. The first kappa shape index (κ1) is 20.6. The van der Waals surface area contributed by atoms with Crippen molar-refractivity contribution in [2.75, 3.05) is 4.90 Å². The van der Waals surface area contributed by atoms with E-state index in [0.29, 0.717) is 22.8 Å². The zero-order valence-corrected chi connectivity index (χ0v) is 17.9. The number of carbonyl (C=O) groups excluding carboxylic acids is 2. The average molecular weight is 416 g/mol. The Balaban J connectivity index is 1.91. The van der Waals surface area contributed by atoms with Crippen LogP contribution in [0.25, 0.3) is 5.76 Å². The summed E-state index contributed by atoms with van der Waals surface area (Å²) < 4.78 is 5.16. The molecule has 2 heterocycles. The first-order chi connectivity index (χ1) is 14.8. The van der Waals surface area contributed by atoms with Crippen LogP contribution in [0.1, 0.15) is 53.8 Å². The summed E-state index contributed by atoms with van der Waals surface area (Å²) in [6.45, 7) is 7.84. The molecule has 0 unspecified atom stereocenters. The van der Waals surface area contributed by atoms with E-state index in [2.05, 4.69) is 19.0 Å². The molecule has 1 saturated heterocycles. The molecule has 158 valence electrons. The number of aryl methyl sites for hydroxylation is 2. The Kier molecular flexibility index (Phi) is 5.23. The number of aliphatic hydroxyl groups is 1. The van der Waals surface area contributed by atoms with E-state index in [4.69, 9.17) is 4.52 Å². The van der Waals surface area contributed by atoms with E-state index in [9.17, 15) is 14.7 Å². The summed E-state index contributed by atoms with van der Waals surface area (Å²) in [5, 5.41) is 15.0. The normalized spacial score (nSPS) is 18.2. The van der Waals surface area contributed by atoms with E-state index in [1.807, 2.05) is 43.3 Å². The lowest BCUT2D eigenvalue weighted by Crippen LogP contribution is -2.29. The van der Waals surface area contributed by atoms with Crippen LogP contribution in [-0.2, 0) is 9.59 Å². The van der Waals surface area contributed by atoms with Gasteiger partial charge in [0.25, 0.3) is 5.78 Å². The van der Waals surface area contributed by atoms with Gasteiger partial charge in [0.05, 0.1) is 11.6 Å². The van der Waals surface area contributed by atoms with Crippen LogP contribution in [0.15, 0.2) is 64.7 Å². The molecule has 3 aromatic rings. The number of rotatable bonds is 4. The summed E-state index contributed by atoms with van der Waals surface area (Å²) in [6, 6.07) is 15.7. The monoisotopic (exact) mass is 416 g/mol. The largest absolute Gasteiger partial charge is 0.507 e. The molecular formula is C25H24N2O4. The molecule has 4 rings (SSSR count). The van der Waals surface area contributed by atoms with E-state index < -0.39 is 17.7 Å². The summed E-state index contributed by atoms with van der Waals surface area (Å²) in [5.74, 6) is -0.619. The third-order valence-corrected chi connectivity index (χ3v) is 5.55. The van der Waals surface area contributed by atoms with Crippen LogP contribution in [0.4, 0.5) is 5.82 Å². The van der Waals surface area contributed by atoms with Gasteiger partial charge >= 0.3 is 5.91 Å². The molecule has 0 aliphatic carbocycles. The van der Waals surface area contributed by atoms with E-state index >= 15 is 0 Å². The van der Waals surface area contributed by atoms with Gasteiger partial charge < -0.3 is 9.63 Å². The Morgan fingerprint density at radius 3 is 2.23 bits per heavy atom. The summed E-state index contributed by atoms with van der Waals surface area (Å²) >= 11 is 0. The van der Waals surface area contributed by atoms with Gasteiger partial charge in [-0.25, -0.2) is 0 Å². The molecular weight excluding hydrogens is 392 g/mol. The Morgan fingerprint density at radius 1 is 1.03 bits per heavy atom. The van der Waals surface area contributed by atoms with Crippen molar-refractivity contribution in [3.8, 4) is 0 Å². The molecule has 6 heteroatoms. The smallest absolute Gasteiger partial charge is 0.301 e. The lowest BCUT2D eigenvalue weighted by molar-refractivity contribution is -0.132. The van der Waals surface area contributed by atoms with Crippen LogP contribution in [0.3, 0.4) is 0 Å². The molecule has 6 nitrogen and oxygen atoms in total. The highest BCUT2D eigenvalue weighted by Gasteiger charge is 2.48. The van der Waals surface area contributed by atoms with Crippen molar-refractivity contribution < 1.29 is 19.2 Å². The van der Waals surface area contributed by atoms with Gasteiger partial charge in [0.15, 0.2) is 5.82 Å². The topological polar surface area (TPSA) is 83.6 Å². The molecule has 1 fully saturated rings. The van der Waals surface area contributed by atoms with Crippen molar-refractivity contribution in [2.24, 2.45) is 0 Å². The molecule has 1 aliphatic rings. The Morgan fingerprint density at radius 2 is 1.68 bits per heavy atom. The van der Waals surface area contributed by atoms with Gasteiger partial charge in [-0.2, -0.15) is 0 Å². The fraction of sp³-hybridized carbons (Fsp3) is 0.240. The number of aromatic nitrogens is 1. The minimum atomic E-state index is -0.813. The van der Waals surface area contributed by atoms with Crippen molar-refractivity contribution in [3.63, 3.8) is 0 Å². The number of hydrogen-bond donors (Lipinski definition) is 1. The maximum atomic E-state index is 13.1. The van der Waals surface area contributed by atoms with Crippen LogP contribution in [-0.4, -0.2) is 22.0 Å². The van der Waals surface area contributed by atoms with E-state index in [0.717, 1.165) is 11.1 Å². The minimum Gasteiger partial charge on any atom is -0.507 e. The first-order valence-corrected chi connectivity index (χ1v) is 10.2. The van der Waals surface area contributed by atoms with Crippen LogP contribution >= 0.6 is 0 Å². The van der Waals surface area contributed by atoms with Gasteiger partial charge in [-0.3, -0.25) is 14.5 Å². The fourth-order valence-electron chi connectivity index (χ4n) is 3.78. The number of ketones is 1. The number of hydrogen-bond acceptors (Lipinski definition) is 5. The van der Waals surface area contributed by atoms with Crippen LogP contribution in [0.5, 0.6) is 0 Å². The van der Waals surface area contributed by atoms with Gasteiger partial charge in [0, 0.05) is 11.6 Å². The van der Waals surface area contributed by atoms with Gasteiger partial charge in [-0.1, -0.05) is 73.1 Å². The number of aliphatic hydroxyl groups excluding tert-OH is 1. The molecule has 1 amide bonds. The van der Waals surface area contributed by atoms with Gasteiger partial charge in [0.1, 0.15) is 11.5 Å². The number of nitrogens with zero attached hydrogens (tertiary/aromatic N) is 2. The predicted molar refractivity (Wildman–Crippen MR) is 118 cm³/mol. The molecule has 1 aliphatic heterocycles. The van der Waals surface area contributed by atoms with Crippen LogP contribution < -0.4 is 4.90 Å². The van der Waals surface area contributed by atoms with Crippen molar-refractivity contribution in [1.29, 1.82) is 0 Å².